The van der Waals surface area contributed by atoms with Crippen LogP contribution in [-0.2, 0) is 4.79 Å². The summed E-state index contributed by atoms with van der Waals surface area (Å²) in [4.78, 5) is 24.5. The number of rotatable bonds is 8. The smallest absolute Gasteiger partial charge is 0.341 e. The molecule has 1 aromatic carbocycles. The number of hydrazone groups is 1. The van der Waals surface area contributed by atoms with Crippen molar-refractivity contribution in [2.45, 2.75) is 0 Å². The molecule has 11 heteroatoms. The maximum absolute atomic E-state index is 10.6. The van der Waals surface area contributed by atoms with Gasteiger partial charge < -0.3 is 14.6 Å². The number of nitrogens with one attached hydrogen (secondary N) is 1. The second kappa shape index (κ2) is 8.76. The van der Waals surface area contributed by atoms with E-state index in [1.807, 2.05) is 0 Å². The molecule has 0 aliphatic carbocycles. The van der Waals surface area contributed by atoms with E-state index in [0.29, 0.717) is 21.6 Å². The molecule has 26 heavy (non-hydrogen) atoms. The molecule has 136 valence electrons. The minimum atomic E-state index is -1.11. The van der Waals surface area contributed by atoms with E-state index in [1.165, 1.54) is 25.5 Å². The molecule has 1 heterocycles. The van der Waals surface area contributed by atoms with Crippen molar-refractivity contribution in [3.05, 3.63) is 50.6 Å². The number of carboxylic acid groups (broad SMARTS) is 1. The van der Waals surface area contributed by atoms with Crippen LogP contribution in [0, 0.1) is 10.1 Å². The highest BCUT2D eigenvalue weighted by Crippen LogP contribution is 2.36. The van der Waals surface area contributed by atoms with Crippen molar-refractivity contribution in [3.8, 4) is 11.5 Å². The lowest BCUT2D eigenvalue weighted by Gasteiger charge is -2.12. The summed E-state index contributed by atoms with van der Waals surface area (Å²) in [6, 6.07) is 6.00. The van der Waals surface area contributed by atoms with Gasteiger partial charge >= 0.3 is 5.97 Å². The van der Waals surface area contributed by atoms with Crippen molar-refractivity contribution >= 4 is 39.6 Å². The summed E-state index contributed by atoms with van der Waals surface area (Å²) in [5, 5.41) is 23.3. The van der Waals surface area contributed by atoms with Gasteiger partial charge in [0.1, 0.15) is 12.0 Å². The number of nitrogens with zero attached hydrogens (tertiary/aromatic N) is 3. The fourth-order valence-corrected chi connectivity index (χ4v) is 2.40. The average Bonchev–Trinajstić information content (AvgIpc) is 2.60. The third-order valence-electron chi connectivity index (χ3n) is 2.94. The van der Waals surface area contributed by atoms with Crippen LogP contribution in [0.1, 0.15) is 5.56 Å². The summed E-state index contributed by atoms with van der Waals surface area (Å²) in [5.41, 5.74) is 3.15. The normalized spacial score (nSPS) is 10.5. The van der Waals surface area contributed by atoms with Gasteiger partial charge in [-0.05, 0) is 39.7 Å². The molecule has 0 aliphatic heterocycles. The highest BCUT2D eigenvalue weighted by atomic mass is 79.9. The van der Waals surface area contributed by atoms with Gasteiger partial charge in [-0.25, -0.2) is 9.78 Å². The SMILES string of the molecule is COc1cc(/C=N\Nc2ccc([N+](=O)[O-])cn2)cc(Br)c1OCC(=O)O. The Morgan fingerprint density at radius 2 is 2.27 bits per heavy atom. The molecule has 0 fully saturated rings. The van der Waals surface area contributed by atoms with Crippen molar-refractivity contribution < 1.29 is 24.3 Å². The van der Waals surface area contributed by atoms with Crippen molar-refractivity contribution in [3.63, 3.8) is 0 Å². The maximum Gasteiger partial charge on any atom is 0.341 e. The van der Waals surface area contributed by atoms with E-state index in [0.717, 1.165) is 6.20 Å². The molecule has 1 aromatic heterocycles. The topological polar surface area (TPSA) is 136 Å². The van der Waals surface area contributed by atoms with Crippen LogP contribution in [0.4, 0.5) is 11.5 Å². The molecule has 10 nitrogen and oxygen atoms in total. The molecule has 0 saturated carbocycles. The van der Waals surface area contributed by atoms with Crippen LogP contribution in [0.25, 0.3) is 0 Å². The Bertz CT molecular complexity index is 841. The number of carboxylic acids is 1. The number of benzene rings is 1. The lowest BCUT2D eigenvalue weighted by Crippen LogP contribution is -2.10. The summed E-state index contributed by atoms with van der Waals surface area (Å²) in [7, 11) is 1.43. The zero-order valence-electron chi connectivity index (χ0n) is 13.4. The van der Waals surface area contributed by atoms with Crippen molar-refractivity contribution in [1.82, 2.24) is 4.98 Å². The van der Waals surface area contributed by atoms with E-state index in [4.69, 9.17) is 14.6 Å². The number of ether oxygens (including phenoxy) is 2. The van der Waals surface area contributed by atoms with Crippen molar-refractivity contribution in [2.75, 3.05) is 19.1 Å². The van der Waals surface area contributed by atoms with Crippen LogP contribution >= 0.6 is 15.9 Å². The van der Waals surface area contributed by atoms with Gasteiger partial charge in [0.2, 0.25) is 0 Å². The number of anilines is 1. The summed E-state index contributed by atoms with van der Waals surface area (Å²) in [6.45, 7) is -0.504. The van der Waals surface area contributed by atoms with Gasteiger partial charge in [-0.1, -0.05) is 0 Å². The molecule has 0 radical (unpaired) electrons. The van der Waals surface area contributed by atoms with Gasteiger partial charge in [0.15, 0.2) is 18.1 Å². The Kier molecular flexibility index (Phi) is 6.44. The number of methoxy groups -OCH3 is 1. The zero-order chi connectivity index (χ0) is 19.1. The molecule has 0 amide bonds. The van der Waals surface area contributed by atoms with Crippen LogP contribution in [-0.4, -0.2) is 40.9 Å². The third kappa shape index (κ3) is 5.14. The first kappa shape index (κ1) is 19.1. The monoisotopic (exact) mass is 424 g/mol. The molecule has 0 bridgehead atoms. The molecular weight excluding hydrogens is 412 g/mol. The lowest BCUT2D eigenvalue weighted by molar-refractivity contribution is -0.385. The Morgan fingerprint density at radius 1 is 1.50 bits per heavy atom. The van der Waals surface area contributed by atoms with Crippen LogP contribution in [0.3, 0.4) is 0 Å². The number of hydrogen-bond acceptors (Lipinski definition) is 8. The number of hydrogen-bond donors (Lipinski definition) is 2. The number of nitro groups is 1. The Morgan fingerprint density at radius 3 is 2.85 bits per heavy atom. The average molecular weight is 425 g/mol. The van der Waals surface area contributed by atoms with Crippen molar-refractivity contribution in [2.24, 2.45) is 5.10 Å². The minimum absolute atomic E-state index is 0.120. The van der Waals surface area contributed by atoms with Gasteiger partial charge in [0, 0.05) is 6.07 Å². The second-order valence-electron chi connectivity index (χ2n) is 4.75. The fourth-order valence-electron chi connectivity index (χ4n) is 1.82. The van der Waals surface area contributed by atoms with Gasteiger partial charge in [0.05, 0.1) is 22.7 Å². The summed E-state index contributed by atoms with van der Waals surface area (Å²) >= 11 is 3.29. The predicted octanol–water partition coefficient (Wildman–Crippen LogP) is 2.67. The second-order valence-corrected chi connectivity index (χ2v) is 5.60. The summed E-state index contributed by atoms with van der Waals surface area (Å²) in [5.74, 6) is -0.184. The van der Waals surface area contributed by atoms with E-state index in [1.54, 1.807) is 12.1 Å². The van der Waals surface area contributed by atoms with Crippen LogP contribution in [0.15, 0.2) is 40.0 Å². The number of aromatic nitrogens is 1. The van der Waals surface area contributed by atoms with Gasteiger partial charge in [-0.15, -0.1) is 0 Å². The van der Waals surface area contributed by atoms with E-state index >= 15 is 0 Å². The first-order valence-corrected chi connectivity index (χ1v) is 7.81. The molecule has 0 spiro atoms. The largest absolute Gasteiger partial charge is 0.493 e. The quantitative estimate of drug-likeness (QED) is 0.374. The Labute approximate surface area is 155 Å². The Hall–Kier alpha value is -3.21. The highest BCUT2D eigenvalue weighted by molar-refractivity contribution is 9.10. The predicted molar refractivity (Wildman–Crippen MR) is 95.9 cm³/mol. The standard InChI is InChI=1S/C15H13BrN4O6/c1-25-12-5-9(4-11(16)15(12)26-8-14(21)22)6-18-19-13-3-2-10(7-17-13)20(23)24/h2-7H,8H2,1H3,(H,17,19)(H,21,22)/b18-6-. The number of aliphatic carboxylic acids is 1. The fraction of sp³-hybridized carbons (Fsp3) is 0.133. The molecule has 0 saturated heterocycles. The molecule has 2 rings (SSSR count). The number of halogens is 1. The third-order valence-corrected chi connectivity index (χ3v) is 3.53. The van der Waals surface area contributed by atoms with E-state index < -0.39 is 17.5 Å². The van der Waals surface area contributed by atoms with Crippen LogP contribution in [0.5, 0.6) is 11.5 Å². The van der Waals surface area contributed by atoms with Gasteiger partial charge in [-0.3, -0.25) is 15.5 Å². The zero-order valence-corrected chi connectivity index (χ0v) is 15.0. The van der Waals surface area contributed by atoms with E-state index in [2.05, 4.69) is 31.4 Å². The lowest BCUT2D eigenvalue weighted by atomic mass is 10.2. The van der Waals surface area contributed by atoms with E-state index in [9.17, 15) is 14.9 Å². The molecular formula is C15H13BrN4O6. The van der Waals surface area contributed by atoms with Crippen LogP contribution < -0.4 is 14.9 Å². The number of pyridine rings is 1. The summed E-state index contributed by atoms with van der Waals surface area (Å²) < 4.78 is 10.9. The molecule has 0 atom stereocenters. The first-order chi connectivity index (χ1) is 12.4. The Balaban J connectivity index is 2.10. The van der Waals surface area contributed by atoms with Crippen LogP contribution in [0.2, 0.25) is 0 Å². The van der Waals surface area contributed by atoms with Gasteiger partial charge in [0.25, 0.3) is 5.69 Å². The minimum Gasteiger partial charge on any atom is -0.493 e. The summed E-state index contributed by atoms with van der Waals surface area (Å²) in [6.07, 6.45) is 2.59. The first-order valence-electron chi connectivity index (χ1n) is 7.02. The van der Waals surface area contributed by atoms with Gasteiger partial charge in [-0.2, -0.15) is 5.10 Å². The molecule has 2 aromatic rings. The molecule has 0 unspecified atom stereocenters. The van der Waals surface area contributed by atoms with E-state index in [-0.39, 0.29) is 11.4 Å². The highest BCUT2D eigenvalue weighted by Gasteiger charge is 2.12. The molecule has 2 N–H and O–H groups in total. The van der Waals surface area contributed by atoms with Crippen molar-refractivity contribution in [1.29, 1.82) is 0 Å². The number of carbonyl (C=O) groups is 1. The molecule has 0 aliphatic rings. The maximum atomic E-state index is 10.6.